The number of nitrogens with zero attached hydrogens (tertiary/aromatic N) is 1. The van der Waals surface area contributed by atoms with Crippen molar-refractivity contribution in [1.82, 2.24) is 10.2 Å². The smallest absolute Gasteiger partial charge is 0.329 e. The second-order valence-corrected chi connectivity index (χ2v) is 10.0. The fraction of sp³-hybridized carbons (Fsp3) is 0.870. The summed E-state index contributed by atoms with van der Waals surface area (Å²) in [4.78, 5) is 40.2. The van der Waals surface area contributed by atoms with Gasteiger partial charge in [0, 0.05) is 12.6 Å². The molecule has 0 aromatic carbocycles. The quantitative estimate of drug-likeness (QED) is 0.662. The van der Waals surface area contributed by atoms with E-state index in [1.165, 1.54) is 19.3 Å². The molecule has 6 nitrogen and oxygen atoms in total. The zero-order valence-corrected chi connectivity index (χ0v) is 18.0. The van der Waals surface area contributed by atoms with Gasteiger partial charge in [-0.15, -0.1) is 0 Å². The Morgan fingerprint density at radius 2 is 1.62 bits per heavy atom. The van der Waals surface area contributed by atoms with Gasteiger partial charge < -0.3 is 15.0 Å². The summed E-state index contributed by atoms with van der Waals surface area (Å²) in [5.41, 5.74) is -0.232. The van der Waals surface area contributed by atoms with Gasteiger partial charge in [0.05, 0.1) is 5.41 Å². The molecule has 0 spiro atoms. The number of likely N-dealkylation sites (tertiary alicyclic amines) is 1. The van der Waals surface area contributed by atoms with E-state index < -0.39 is 12.0 Å². The Hall–Kier alpha value is -1.59. The summed E-state index contributed by atoms with van der Waals surface area (Å²) in [6.07, 6.45) is 10.1. The first-order chi connectivity index (χ1) is 13.9. The number of nitrogens with one attached hydrogen (secondary N) is 1. The summed E-state index contributed by atoms with van der Waals surface area (Å²) in [5.74, 6) is 1.62. The molecular weight excluding hydrogens is 368 g/mol. The SMILES string of the molecule is CCC(CC)NC(=O)COC(=O)[C@H]1CCCN1C(=O)C12CC3CC(CC(C3)C1)C2. The van der Waals surface area contributed by atoms with E-state index in [0.717, 1.165) is 38.5 Å². The minimum atomic E-state index is -0.517. The van der Waals surface area contributed by atoms with E-state index in [0.29, 0.717) is 30.7 Å². The van der Waals surface area contributed by atoms with E-state index in [1.54, 1.807) is 4.90 Å². The Kier molecular flexibility index (Phi) is 5.90. The lowest BCUT2D eigenvalue weighted by molar-refractivity contribution is -0.166. The number of ether oxygens (including phenoxy) is 1. The molecule has 4 saturated carbocycles. The van der Waals surface area contributed by atoms with Gasteiger partial charge in [0.1, 0.15) is 6.04 Å². The van der Waals surface area contributed by atoms with Crippen LogP contribution >= 0.6 is 0 Å². The standard InChI is InChI=1S/C23H36N2O4/c1-3-18(4-2)24-20(26)14-29-21(27)19-6-5-7-25(19)22(28)23-11-15-8-16(12-23)10-17(9-15)13-23/h15-19H,3-14H2,1-2H3,(H,24,26)/t15?,16?,17?,19-,23?/m1/s1. The van der Waals surface area contributed by atoms with E-state index >= 15 is 0 Å². The van der Waals surface area contributed by atoms with Crippen LogP contribution in [0.4, 0.5) is 0 Å². The van der Waals surface area contributed by atoms with Crippen LogP contribution in [-0.4, -0.2) is 47.9 Å². The van der Waals surface area contributed by atoms with E-state index in [4.69, 9.17) is 4.74 Å². The lowest BCUT2D eigenvalue weighted by atomic mass is 9.49. The highest BCUT2D eigenvalue weighted by molar-refractivity contribution is 5.90. The molecule has 0 radical (unpaired) electrons. The Bertz CT molecular complexity index is 622. The van der Waals surface area contributed by atoms with Crippen molar-refractivity contribution in [3.63, 3.8) is 0 Å². The average Bonchev–Trinajstić information content (AvgIpc) is 3.18. The summed E-state index contributed by atoms with van der Waals surface area (Å²) in [5, 5.41) is 2.89. The van der Waals surface area contributed by atoms with Crippen molar-refractivity contribution >= 4 is 17.8 Å². The Labute approximate surface area is 174 Å². The molecule has 0 aromatic heterocycles. The normalized spacial score (nSPS) is 35.2. The van der Waals surface area contributed by atoms with Gasteiger partial charge in [-0.1, -0.05) is 13.8 Å². The third-order valence-corrected chi connectivity index (χ3v) is 7.97. The number of hydrogen-bond donors (Lipinski definition) is 1. The van der Waals surface area contributed by atoms with Crippen LogP contribution in [0.5, 0.6) is 0 Å². The minimum Gasteiger partial charge on any atom is -0.454 e. The van der Waals surface area contributed by atoms with Gasteiger partial charge in [0.15, 0.2) is 6.61 Å². The van der Waals surface area contributed by atoms with Crippen LogP contribution in [0.15, 0.2) is 0 Å². The molecule has 0 unspecified atom stereocenters. The van der Waals surface area contributed by atoms with Crippen LogP contribution in [0, 0.1) is 23.2 Å². The third-order valence-electron chi connectivity index (χ3n) is 7.97. The fourth-order valence-corrected chi connectivity index (χ4v) is 6.93. The summed E-state index contributed by atoms with van der Waals surface area (Å²) in [6.45, 7) is 4.42. The van der Waals surface area contributed by atoms with Crippen molar-refractivity contribution in [2.24, 2.45) is 23.2 Å². The number of amides is 2. The minimum absolute atomic E-state index is 0.113. The van der Waals surface area contributed by atoms with Crippen molar-refractivity contribution in [1.29, 1.82) is 0 Å². The monoisotopic (exact) mass is 404 g/mol. The van der Waals surface area contributed by atoms with Gasteiger partial charge in [-0.25, -0.2) is 4.79 Å². The molecule has 4 aliphatic carbocycles. The third kappa shape index (κ3) is 4.04. The average molecular weight is 405 g/mol. The molecule has 5 aliphatic rings. The van der Waals surface area contributed by atoms with E-state index in [-0.39, 0.29) is 29.9 Å². The molecule has 1 atom stereocenters. The molecule has 162 valence electrons. The number of rotatable bonds is 7. The van der Waals surface area contributed by atoms with Gasteiger partial charge in [0.25, 0.3) is 5.91 Å². The Morgan fingerprint density at radius 3 is 2.17 bits per heavy atom. The molecule has 1 saturated heterocycles. The zero-order chi connectivity index (χ0) is 20.6. The lowest BCUT2D eigenvalue weighted by Gasteiger charge is -2.56. The van der Waals surface area contributed by atoms with Gasteiger partial charge in [-0.3, -0.25) is 9.59 Å². The van der Waals surface area contributed by atoms with Gasteiger partial charge in [0.2, 0.25) is 5.91 Å². The summed E-state index contributed by atoms with van der Waals surface area (Å²) in [6, 6.07) is -0.404. The van der Waals surface area contributed by atoms with E-state index in [1.807, 2.05) is 13.8 Å². The predicted molar refractivity (Wildman–Crippen MR) is 109 cm³/mol. The van der Waals surface area contributed by atoms with Crippen molar-refractivity contribution < 1.29 is 19.1 Å². The lowest BCUT2D eigenvalue weighted by Crippen LogP contribution is -2.56. The molecule has 1 heterocycles. The molecule has 29 heavy (non-hydrogen) atoms. The number of esters is 1. The molecule has 5 fully saturated rings. The molecule has 6 heteroatoms. The first kappa shape index (κ1) is 20.7. The molecule has 2 amide bonds. The van der Waals surface area contributed by atoms with Crippen LogP contribution < -0.4 is 5.32 Å². The molecular formula is C23H36N2O4. The highest BCUT2D eigenvalue weighted by Gasteiger charge is 2.57. The van der Waals surface area contributed by atoms with Crippen molar-refractivity contribution in [3.05, 3.63) is 0 Å². The van der Waals surface area contributed by atoms with E-state index in [2.05, 4.69) is 5.32 Å². The zero-order valence-electron chi connectivity index (χ0n) is 18.0. The van der Waals surface area contributed by atoms with Crippen LogP contribution in [0.25, 0.3) is 0 Å². The highest BCUT2D eigenvalue weighted by atomic mass is 16.5. The van der Waals surface area contributed by atoms with Gasteiger partial charge in [-0.2, -0.15) is 0 Å². The van der Waals surface area contributed by atoms with Crippen molar-refractivity contribution in [2.45, 2.75) is 90.1 Å². The van der Waals surface area contributed by atoms with E-state index in [9.17, 15) is 14.4 Å². The first-order valence-corrected chi connectivity index (χ1v) is 11.7. The topological polar surface area (TPSA) is 75.7 Å². The van der Waals surface area contributed by atoms with Crippen LogP contribution in [-0.2, 0) is 19.1 Å². The van der Waals surface area contributed by atoms with Gasteiger partial charge >= 0.3 is 5.97 Å². The second kappa shape index (κ2) is 8.27. The van der Waals surface area contributed by atoms with Crippen LogP contribution in [0.2, 0.25) is 0 Å². The molecule has 1 aliphatic heterocycles. The number of hydrogen-bond acceptors (Lipinski definition) is 4. The summed E-state index contributed by atoms with van der Waals surface area (Å²) in [7, 11) is 0. The van der Waals surface area contributed by atoms with Crippen molar-refractivity contribution in [3.8, 4) is 0 Å². The second-order valence-electron chi connectivity index (χ2n) is 10.0. The van der Waals surface area contributed by atoms with Gasteiger partial charge in [-0.05, 0) is 82.0 Å². The molecule has 5 rings (SSSR count). The summed E-state index contributed by atoms with van der Waals surface area (Å²) >= 11 is 0. The molecule has 0 aromatic rings. The largest absolute Gasteiger partial charge is 0.454 e. The Balaban J connectivity index is 1.36. The van der Waals surface area contributed by atoms with Crippen LogP contribution in [0.1, 0.15) is 78.1 Å². The maximum atomic E-state index is 13.6. The number of carbonyl (C=O) groups is 3. The molecule has 4 bridgehead atoms. The molecule has 1 N–H and O–H groups in total. The maximum Gasteiger partial charge on any atom is 0.329 e. The van der Waals surface area contributed by atoms with Crippen molar-refractivity contribution in [2.75, 3.05) is 13.2 Å². The summed E-state index contributed by atoms with van der Waals surface area (Å²) < 4.78 is 5.33. The first-order valence-electron chi connectivity index (χ1n) is 11.7. The Morgan fingerprint density at radius 1 is 1.03 bits per heavy atom. The van der Waals surface area contributed by atoms with Crippen LogP contribution in [0.3, 0.4) is 0 Å². The highest BCUT2D eigenvalue weighted by Crippen LogP contribution is 2.60. The predicted octanol–water partition coefficient (Wildman–Crippen LogP) is 3.04. The number of carbonyl (C=O) groups excluding carboxylic acids is 3. The maximum absolute atomic E-state index is 13.6. The fourth-order valence-electron chi connectivity index (χ4n) is 6.93.